The molecule has 0 aromatic heterocycles. The Kier molecular flexibility index (Phi) is 35.4. The molecule has 0 saturated heterocycles. The molecule has 0 aliphatic carbocycles. The first kappa shape index (κ1) is 57.3. The van der Waals surface area contributed by atoms with E-state index in [0.29, 0.717) is 40.4 Å². The number of halogens is 1. The Balaban J connectivity index is -0.00000215. The van der Waals surface area contributed by atoms with E-state index in [2.05, 4.69) is 97.6 Å². The summed E-state index contributed by atoms with van der Waals surface area (Å²) < 4.78 is 13.5. The molecule has 0 bridgehead atoms. The lowest BCUT2D eigenvalue weighted by molar-refractivity contribution is -0.106. The maximum Gasteiger partial charge on any atom is 0.255 e. The molecular formula is C50H85FN4O2. The molecule has 0 saturated carbocycles. The fourth-order valence-electron chi connectivity index (χ4n) is 5.42. The van der Waals surface area contributed by atoms with E-state index in [9.17, 15) is 9.18 Å². The lowest BCUT2D eigenvalue weighted by atomic mass is 9.85. The summed E-state index contributed by atoms with van der Waals surface area (Å²) in [7, 11) is 0. The smallest absolute Gasteiger partial charge is 0.255 e. The number of benzene rings is 1. The molecular weight excluding hydrogens is 708 g/mol. The maximum absolute atomic E-state index is 13.5. The van der Waals surface area contributed by atoms with E-state index in [1.54, 1.807) is 30.5 Å². The van der Waals surface area contributed by atoms with Crippen LogP contribution in [0.5, 0.6) is 0 Å². The molecule has 0 fully saturated rings. The predicted octanol–water partition coefficient (Wildman–Crippen LogP) is 14.4. The number of carbonyl (C=O) groups excluding carboxylic acids is 2. The molecule has 1 amide bonds. The number of aliphatic imine (C=N–C) groups is 1. The number of rotatable bonds is 19. The number of allylic oxidation sites excluding steroid dienone is 6. The predicted molar refractivity (Wildman–Crippen MR) is 250 cm³/mol. The number of unbranched alkanes of at least 4 members (excludes halogenated alkanes) is 1. The number of hydrogen-bond donors (Lipinski definition) is 2. The zero-order valence-corrected chi connectivity index (χ0v) is 39.1. The number of aldehydes is 1. The van der Waals surface area contributed by atoms with Gasteiger partial charge in [-0.3, -0.25) is 4.79 Å². The van der Waals surface area contributed by atoms with Crippen molar-refractivity contribution in [2.45, 2.75) is 155 Å². The van der Waals surface area contributed by atoms with Crippen LogP contribution in [0.1, 0.15) is 171 Å². The summed E-state index contributed by atoms with van der Waals surface area (Å²) in [6, 6.07) is 7.54. The Morgan fingerprint density at radius 1 is 0.895 bits per heavy atom. The normalized spacial score (nSPS) is 14.6. The molecule has 6 nitrogen and oxygen atoms in total. The topological polar surface area (TPSA) is 87.8 Å². The van der Waals surface area contributed by atoms with E-state index < -0.39 is 6.67 Å². The third-order valence-electron chi connectivity index (χ3n) is 9.38. The highest BCUT2D eigenvalue weighted by atomic mass is 19.1. The van der Waals surface area contributed by atoms with Gasteiger partial charge in [0.25, 0.3) is 5.91 Å². The average Bonchev–Trinajstić information content (AvgIpc) is 3.21. The first-order valence-electron chi connectivity index (χ1n) is 21.8. The van der Waals surface area contributed by atoms with E-state index in [4.69, 9.17) is 10.5 Å². The van der Waals surface area contributed by atoms with Crippen molar-refractivity contribution in [3.8, 4) is 0 Å². The van der Waals surface area contributed by atoms with Gasteiger partial charge in [0.2, 0.25) is 0 Å². The van der Waals surface area contributed by atoms with Crippen LogP contribution in [0.4, 0.5) is 4.39 Å². The van der Waals surface area contributed by atoms with Crippen molar-refractivity contribution in [3.05, 3.63) is 102 Å². The fraction of sp³-hybridized carbons (Fsp3) is 0.580. The number of nitrogens with zero attached hydrogens (tertiary/aromatic N) is 2. The van der Waals surface area contributed by atoms with Crippen LogP contribution in [0, 0.1) is 29.6 Å². The van der Waals surface area contributed by atoms with Crippen LogP contribution in [0.2, 0.25) is 0 Å². The number of carbonyl (C=O) groups is 2. The molecule has 57 heavy (non-hydrogen) atoms. The molecule has 2 rings (SSSR count). The summed E-state index contributed by atoms with van der Waals surface area (Å²) in [5, 5.41) is 2.79. The highest BCUT2D eigenvalue weighted by Gasteiger charge is 2.29. The minimum Gasteiger partial charge on any atom is -0.382 e. The summed E-state index contributed by atoms with van der Waals surface area (Å²) in [5.74, 6) is 2.74. The zero-order chi connectivity index (χ0) is 44.5. The van der Waals surface area contributed by atoms with Gasteiger partial charge in [-0.05, 0) is 97.1 Å². The zero-order valence-electron chi connectivity index (χ0n) is 39.1. The van der Waals surface area contributed by atoms with Crippen LogP contribution < -0.4 is 11.1 Å². The Labute approximate surface area is 350 Å². The summed E-state index contributed by atoms with van der Waals surface area (Å²) in [6.45, 7) is 39.5. The number of nitrogens with one attached hydrogen (secondary N) is 1. The van der Waals surface area contributed by atoms with E-state index in [0.717, 1.165) is 79.7 Å². The van der Waals surface area contributed by atoms with E-state index in [1.807, 2.05) is 52.1 Å². The second-order valence-corrected chi connectivity index (χ2v) is 14.8. The van der Waals surface area contributed by atoms with Crippen molar-refractivity contribution < 1.29 is 14.0 Å². The Bertz CT molecular complexity index is 1420. The molecule has 3 N–H and O–H groups in total. The second-order valence-electron chi connectivity index (χ2n) is 14.8. The average molecular weight is 793 g/mol. The summed E-state index contributed by atoms with van der Waals surface area (Å²) >= 11 is 0. The maximum atomic E-state index is 13.5. The SMILES string of the molecule is C=C(/C=C(\C=C/CCC)CF)NC(=O)c1ccc(/C(=C2\C(N)=NC=CN2C(=C)C(CCC(C)C)CC(C)CC)C(C)CC)cc1.CC.CC.CC=O.CCC(C)C. The Morgan fingerprint density at radius 3 is 1.89 bits per heavy atom. The number of amidine groups is 1. The number of nitrogens with two attached hydrogens (primary N) is 1. The minimum atomic E-state index is -0.627. The molecule has 1 aromatic rings. The highest BCUT2D eigenvalue weighted by molar-refractivity contribution is 6.05. The summed E-state index contributed by atoms with van der Waals surface area (Å²) in [6.07, 6.45) is 18.2. The van der Waals surface area contributed by atoms with Gasteiger partial charge in [0.1, 0.15) is 18.8 Å². The second kappa shape index (κ2) is 35.2. The van der Waals surface area contributed by atoms with Crippen LogP contribution in [0.25, 0.3) is 5.57 Å². The molecule has 1 aliphatic heterocycles. The number of alkyl halides is 1. The van der Waals surface area contributed by atoms with Crippen LogP contribution >= 0.6 is 0 Å². The van der Waals surface area contributed by atoms with Gasteiger partial charge in [0, 0.05) is 29.4 Å². The summed E-state index contributed by atoms with van der Waals surface area (Å²) in [5.41, 5.74) is 11.9. The molecule has 324 valence electrons. The van der Waals surface area contributed by atoms with Crippen molar-refractivity contribution in [2.75, 3.05) is 6.67 Å². The van der Waals surface area contributed by atoms with Crippen LogP contribution in [-0.4, -0.2) is 29.6 Å². The van der Waals surface area contributed by atoms with E-state index >= 15 is 0 Å². The number of amides is 1. The monoisotopic (exact) mass is 793 g/mol. The van der Waals surface area contributed by atoms with Crippen molar-refractivity contribution in [3.63, 3.8) is 0 Å². The standard InChI is InChI=1S/C39H57FN4O.C5H12.C2H4O.2C2H6/c1-10-13-14-15-32(26-40)25-30(8)43-39(45)34-20-18-33(19-21-34)36(29(7)12-3)37-38(41)42-22-23-44(37)31(9)35(17-16-27(4)5)24-28(6)11-2;1-4-5(2)3;1-2-3;2*1-2/h14-15,18-23,25,27-29,35H,8-13,16-17,24,26H2,1-7H3,(H2,41,42)(H,43,45);5H,4H2,1-3H3;2H,1H3;2*1-2H3/b15-14-,32-25+,37-36+;;;;. The van der Waals surface area contributed by atoms with Crippen LogP contribution in [0.3, 0.4) is 0 Å². The van der Waals surface area contributed by atoms with Gasteiger partial charge in [-0.2, -0.15) is 0 Å². The molecule has 0 radical (unpaired) electrons. The molecule has 0 spiro atoms. The molecule has 1 heterocycles. The van der Waals surface area contributed by atoms with Gasteiger partial charge in [-0.25, -0.2) is 9.38 Å². The molecule has 1 aromatic carbocycles. The lowest BCUT2D eigenvalue weighted by Crippen LogP contribution is -2.34. The van der Waals surface area contributed by atoms with Crippen LogP contribution in [-0.2, 0) is 4.79 Å². The molecule has 3 unspecified atom stereocenters. The third kappa shape index (κ3) is 23.7. The van der Waals surface area contributed by atoms with Gasteiger partial charge in [0.05, 0.1) is 5.70 Å². The largest absolute Gasteiger partial charge is 0.382 e. The van der Waals surface area contributed by atoms with Gasteiger partial charge < -0.3 is 20.7 Å². The van der Waals surface area contributed by atoms with Gasteiger partial charge >= 0.3 is 0 Å². The van der Waals surface area contributed by atoms with Gasteiger partial charge in [-0.15, -0.1) is 0 Å². The molecule has 1 aliphatic rings. The minimum absolute atomic E-state index is 0.170. The Hall–Kier alpha value is -4.00. The van der Waals surface area contributed by atoms with Gasteiger partial charge in [0.15, 0.2) is 0 Å². The van der Waals surface area contributed by atoms with E-state index in [-0.39, 0.29) is 11.8 Å². The van der Waals surface area contributed by atoms with Crippen molar-refractivity contribution >= 4 is 23.6 Å². The molecule has 3 atom stereocenters. The number of hydrogen-bond acceptors (Lipinski definition) is 5. The highest BCUT2D eigenvalue weighted by Crippen LogP contribution is 2.38. The van der Waals surface area contributed by atoms with E-state index in [1.165, 1.54) is 13.3 Å². The van der Waals surface area contributed by atoms with Crippen LogP contribution in [0.15, 0.2) is 95.7 Å². The lowest BCUT2D eigenvalue weighted by Gasteiger charge is -2.36. The van der Waals surface area contributed by atoms with Crippen molar-refractivity contribution in [1.82, 2.24) is 10.2 Å². The molecule has 7 heteroatoms. The van der Waals surface area contributed by atoms with Gasteiger partial charge in [-0.1, -0.05) is 160 Å². The fourth-order valence-corrected chi connectivity index (χ4v) is 5.42. The third-order valence-corrected chi connectivity index (χ3v) is 9.38. The quantitative estimate of drug-likeness (QED) is 0.108. The van der Waals surface area contributed by atoms with Crippen molar-refractivity contribution in [2.24, 2.45) is 40.3 Å². The first-order chi connectivity index (χ1) is 27.1. The van der Waals surface area contributed by atoms with Crippen molar-refractivity contribution in [1.29, 1.82) is 0 Å². The Morgan fingerprint density at radius 2 is 1.44 bits per heavy atom. The first-order valence-corrected chi connectivity index (χ1v) is 21.8. The summed E-state index contributed by atoms with van der Waals surface area (Å²) in [4.78, 5) is 28.5.